The molecule has 0 amide bonds. The van der Waals surface area contributed by atoms with Crippen molar-refractivity contribution < 1.29 is 14.6 Å². The minimum Gasteiger partial charge on any atom is -0.481 e. The first-order valence-electron chi connectivity index (χ1n) is 7.41. The van der Waals surface area contributed by atoms with Gasteiger partial charge in [0.25, 0.3) is 0 Å². The summed E-state index contributed by atoms with van der Waals surface area (Å²) in [6, 6.07) is 9.10. The van der Waals surface area contributed by atoms with Gasteiger partial charge in [-0.25, -0.2) is 9.78 Å². The zero-order chi connectivity index (χ0) is 18.7. The Hall–Kier alpha value is -2.36. The molecule has 2 heterocycles. The lowest BCUT2D eigenvalue weighted by atomic mass is 10.1. The monoisotopic (exact) mass is 405 g/mol. The van der Waals surface area contributed by atoms with Crippen molar-refractivity contribution in [2.24, 2.45) is 5.73 Å². The number of carboxylic acid groups (broad SMARTS) is 1. The molecule has 1 aromatic carbocycles. The summed E-state index contributed by atoms with van der Waals surface area (Å²) in [4.78, 5) is 16.2. The van der Waals surface area contributed by atoms with E-state index in [0.717, 1.165) is 20.3 Å². The SMILES string of the molecule is CSc1sc(C(=N)N)cc1-c1nc(-c2ccccc2OCC(=O)O)cs1. The number of aromatic nitrogens is 1. The molecule has 0 radical (unpaired) electrons. The summed E-state index contributed by atoms with van der Waals surface area (Å²) in [6.07, 6.45) is 1.98. The van der Waals surface area contributed by atoms with Crippen molar-refractivity contribution in [1.82, 2.24) is 4.98 Å². The van der Waals surface area contributed by atoms with Crippen molar-refractivity contribution in [3.8, 4) is 27.6 Å². The van der Waals surface area contributed by atoms with Gasteiger partial charge < -0.3 is 15.6 Å². The Bertz CT molecular complexity index is 965. The largest absolute Gasteiger partial charge is 0.481 e. The fraction of sp³-hybridized carbons (Fsp3) is 0.118. The number of para-hydroxylation sites is 1. The highest BCUT2D eigenvalue weighted by molar-refractivity contribution is 8.00. The number of amidine groups is 1. The minimum absolute atomic E-state index is 0.0424. The Labute approximate surface area is 162 Å². The molecule has 0 unspecified atom stereocenters. The van der Waals surface area contributed by atoms with Crippen LogP contribution in [0, 0.1) is 5.41 Å². The maximum absolute atomic E-state index is 10.8. The van der Waals surface area contributed by atoms with E-state index in [-0.39, 0.29) is 5.84 Å². The number of rotatable bonds is 7. The van der Waals surface area contributed by atoms with Crippen LogP contribution in [0.4, 0.5) is 0 Å². The Morgan fingerprint density at radius 2 is 2.15 bits per heavy atom. The van der Waals surface area contributed by atoms with Crippen LogP contribution in [0.2, 0.25) is 0 Å². The molecule has 4 N–H and O–H groups in total. The van der Waals surface area contributed by atoms with Crippen LogP contribution in [0.5, 0.6) is 5.75 Å². The van der Waals surface area contributed by atoms with Gasteiger partial charge >= 0.3 is 5.97 Å². The summed E-state index contributed by atoms with van der Waals surface area (Å²) in [6.45, 7) is -0.406. The summed E-state index contributed by atoms with van der Waals surface area (Å²) in [5, 5.41) is 19.2. The molecule has 0 aliphatic rings. The second kappa shape index (κ2) is 7.90. The molecule has 0 saturated heterocycles. The third kappa shape index (κ3) is 3.90. The van der Waals surface area contributed by atoms with Crippen molar-refractivity contribution in [3.63, 3.8) is 0 Å². The number of thiazole rings is 1. The van der Waals surface area contributed by atoms with E-state index in [4.69, 9.17) is 26.0 Å². The van der Waals surface area contributed by atoms with E-state index < -0.39 is 12.6 Å². The first-order valence-corrected chi connectivity index (χ1v) is 10.3. The zero-order valence-electron chi connectivity index (χ0n) is 13.7. The van der Waals surface area contributed by atoms with E-state index in [2.05, 4.69) is 0 Å². The van der Waals surface area contributed by atoms with Crippen LogP contribution >= 0.6 is 34.4 Å². The Morgan fingerprint density at radius 3 is 2.85 bits per heavy atom. The van der Waals surface area contributed by atoms with Crippen molar-refractivity contribution >= 4 is 46.2 Å². The van der Waals surface area contributed by atoms with Crippen LogP contribution in [0.1, 0.15) is 4.88 Å². The lowest BCUT2D eigenvalue weighted by Gasteiger charge is -2.07. The molecule has 0 fully saturated rings. The Kier molecular flexibility index (Phi) is 5.60. The molecular weight excluding hydrogens is 390 g/mol. The number of thiophene rings is 1. The third-order valence-corrected chi connectivity index (χ3v) is 6.58. The molecule has 0 spiro atoms. The number of hydrogen-bond donors (Lipinski definition) is 3. The van der Waals surface area contributed by atoms with Gasteiger partial charge in [-0.1, -0.05) is 12.1 Å². The maximum Gasteiger partial charge on any atom is 0.341 e. The molecule has 134 valence electrons. The fourth-order valence-corrected chi connectivity index (χ4v) is 4.97. The van der Waals surface area contributed by atoms with Crippen LogP contribution in [0.3, 0.4) is 0 Å². The van der Waals surface area contributed by atoms with Crippen molar-refractivity contribution in [3.05, 3.63) is 40.6 Å². The second-order valence-corrected chi connectivity index (χ2v) is 8.13. The summed E-state index contributed by atoms with van der Waals surface area (Å²) < 4.78 is 6.41. The van der Waals surface area contributed by atoms with Crippen molar-refractivity contribution in [2.45, 2.75) is 4.21 Å². The van der Waals surface area contributed by atoms with E-state index in [1.54, 1.807) is 23.9 Å². The molecular formula is C17H15N3O3S3. The summed E-state index contributed by atoms with van der Waals surface area (Å²) in [7, 11) is 0. The van der Waals surface area contributed by atoms with E-state index in [1.807, 2.05) is 29.8 Å². The molecule has 0 aliphatic heterocycles. The van der Waals surface area contributed by atoms with Crippen LogP contribution in [0.25, 0.3) is 21.8 Å². The number of aliphatic carboxylic acids is 1. The minimum atomic E-state index is -1.03. The second-order valence-electron chi connectivity index (χ2n) is 5.15. The number of nitrogens with one attached hydrogen (secondary N) is 1. The van der Waals surface area contributed by atoms with Gasteiger partial charge in [0.15, 0.2) is 6.61 Å². The van der Waals surface area contributed by atoms with Crippen LogP contribution < -0.4 is 10.5 Å². The lowest BCUT2D eigenvalue weighted by Crippen LogP contribution is -2.09. The summed E-state index contributed by atoms with van der Waals surface area (Å²) in [5.41, 5.74) is 8.01. The first kappa shape index (κ1) is 18.4. The number of carboxylic acids is 1. The average Bonchev–Trinajstić information content (AvgIpc) is 3.26. The average molecular weight is 406 g/mol. The number of nitrogens with two attached hydrogens (primary N) is 1. The van der Waals surface area contributed by atoms with E-state index >= 15 is 0 Å². The van der Waals surface area contributed by atoms with Crippen LogP contribution in [0.15, 0.2) is 39.9 Å². The van der Waals surface area contributed by atoms with Gasteiger partial charge in [0, 0.05) is 16.5 Å². The number of nitrogens with zero attached hydrogens (tertiary/aromatic N) is 1. The molecule has 3 rings (SSSR count). The van der Waals surface area contributed by atoms with Gasteiger partial charge in [0.05, 0.1) is 14.8 Å². The standard InChI is InChI=1S/C17H15N3O3S3/c1-24-17-10(6-13(26-17)15(18)19)16-20-11(8-25-16)9-4-2-3-5-12(9)23-7-14(21)22/h2-6,8H,7H2,1H3,(H3,18,19)(H,21,22). The van der Waals surface area contributed by atoms with Gasteiger partial charge in [-0.2, -0.15) is 0 Å². The van der Waals surface area contributed by atoms with E-state index in [0.29, 0.717) is 16.3 Å². The molecule has 26 heavy (non-hydrogen) atoms. The highest BCUT2D eigenvalue weighted by Crippen LogP contribution is 2.41. The number of carbonyl (C=O) groups is 1. The Balaban J connectivity index is 1.97. The number of ether oxygens (including phenoxy) is 1. The lowest BCUT2D eigenvalue weighted by molar-refractivity contribution is -0.139. The summed E-state index contributed by atoms with van der Waals surface area (Å²) in [5.74, 6) is -0.509. The van der Waals surface area contributed by atoms with Gasteiger partial charge in [0.1, 0.15) is 16.6 Å². The molecule has 6 nitrogen and oxygen atoms in total. The predicted molar refractivity (Wildman–Crippen MR) is 107 cm³/mol. The normalized spacial score (nSPS) is 10.7. The zero-order valence-corrected chi connectivity index (χ0v) is 16.1. The van der Waals surface area contributed by atoms with E-state index in [1.165, 1.54) is 22.7 Å². The highest BCUT2D eigenvalue weighted by Gasteiger charge is 2.17. The number of thioether (sulfide) groups is 1. The van der Waals surface area contributed by atoms with Crippen molar-refractivity contribution in [1.29, 1.82) is 5.41 Å². The molecule has 2 aromatic heterocycles. The molecule has 0 atom stereocenters. The van der Waals surface area contributed by atoms with Gasteiger partial charge in [-0.05, 0) is 24.5 Å². The van der Waals surface area contributed by atoms with Gasteiger partial charge in [0.2, 0.25) is 0 Å². The quantitative estimate of drug-likeness (QED) is 0.311. The predicted octanol–water partition coefficient (Wildman–Crippen LogP) is 4.01. The number of benzene rings is 1. The molecule has 9 heteroatoms. The fourth-order valence-electron chi connectivity index (χ4n) is 2.27. The van der Waals surface area contributed by atoms with Gasteiger partial charge in [-0.15, -0.1) is 34.4 Å². The van der Waals surface area contributed by atoms with Crippen LogP contribution in [-0.4, -0.2) is 34.8 Å². The van der Waals surface area contributed by atoms with Crippen molar-refractivity contribution in [2.75, 3.05) is 12.9 Å². The molecule has 3 aromatic rings. The maximum atomic E-state index is 10.8. The number of hydrogen-bond acceptors (Lipinski definition) is 7. The highest BCUT2D eigenvalue weighted by atomic mass is 32.2. The number of nitrogen functional groups attached to an aromatic ring is 1. The first-order chi connectivity index (χ1) is 12.5. The van der Waals surface area contributed by atoms with Gasteiger partial charge in [-0.3, -0.25) is 5.41 Å². The van der Waals surface area contributed by atoms with E-state index in [9.17, 15) is 4.79 Å². The molecule has 0 saturated carbocycles. The Morgan fingerprint density at radius 1 is 1.38 bits per heavy atom. The smallest absolute Gasteiger partial charge is 0.341 e. The third-order valence-electron chi connectivity index (χ3n) is 3.40. The molecule has 0 bridgehead atoms. The topological polar surface area (TPSA) is 109 Å². The van der Waals surface area contributed by atoms with Crippen LogP contribution in [-0.2, 0) is 4.79 Å². The molecule has 0 aliphatic carbocycles. The summed E-state index contributed by atoms with van der Waals surface area (Å²) >= 11 is 4.55.